The zero-order valence-electron chi connectivity index (χ0n) is 2.29. The molecule has 5 heavy (non-hydrogen) atoms. The van der Waals surface area contributed by atoms with Crippen LogP contribution in [0.4, 0.5) is 0 Å². The molecular weight excluding hydrogens is 115 g/mol. The molecule has 0 saturated heterocycles. The minimum Gasteiger partial charge on any atom is -0.545 e. The molecule has 0 aliphatic carbocycles. The molecule has 0 heterocycles. The summed E-state index contributed by atoms with van der Waals surface area (Å²) in [5.74, 6) is 0. The molecule has 32 valence electrons. The molecule has 2 nitrogen and oxygen atoms in total. The van der Waals surface area contributed by atoms with Crippen LogP contribution >= 0.6 is 0 Å². The standard InChI is InChI=1S/2CHO.Ni/c2*1-2;/h2*1H;/q2*-1;+2. The van der Waals surface area contributed by atoms with Crippen LogP contribution in [0, 0.1) is 0 Å². The first kappa shape index (κ1) is 21.1. The van der Waals surface area contributed by atoms with E-state index in [4.69, 9.17) is 9.59 Å². The summed E-state index contributed by atoms with van der Waals surface area (Å²) in [6.45, 7) is 6.50. The zero-order valence-corrected chi connectivity index (χ0v) is 3.28. The summed E-state index contributed by atoms with van der Waals surface area (Å²) in [6.07, 6.45) is 0. The maximum atomic E-state index is 7.75. The summed E-state index contributed by atoms with van der Waals surface area (Å²) >= 11 is 0. The van der Waals surface area contributed by atoms with E-state index in [0.717, 1.165) is 0 Å². The molecule has 0 aromatic rings. The van der Waals surface area contributed by atoms with Gasteiger partial charge in [-0.1, -0.05) is 0 Å². The molecule has 0 bridgehead atoms. The molecule has 0 unspecified atom stereocenters. The first-order valence-electron chi connectivity index (χ1n) is 0.471. The fourth-order valence-electron chi connectivity index (χ4n) is 0. The van der Waals surface area contributed by atoms with Crippen molar-refractivity contribution in [3.05, 3.63) is 0 Å². The van der Waals surface area contributed by atoms with E-state index in [1.807, 2.05) is 0 Å². The third-order valence-electron chi connectivity index (χ3n) is 0. The predicted octanol–water partition coefficient (Wildman–Crippen LogP) is -0.551. The molecule has 0 N–H and O–H groups in total. The third-order valence-corrected chi connectivity index (χ3v) is 0. The van der Waals surface area contributed by atoms with E-state index in [1.54, 1.807) is 0 Å². The summed E-state index contributed by atoms with van der Waals surface area (Å²) in [5.41, 5.74) is 0. The molecule has 0 saturated carbocycles. The second-order valence-electron chi connectivity index (χ2n) is 0. The Hall–Kier alpha value is -0.166. The van der Waals surface area contributed by atoms with Crippen LogP contribution in [0.1, 0.15) is 0 Å². The van der Waals surface area contributed by atoms with Crippen LogP contribution in [0.25, 0.3) is 0 Å². The summed E-state index contributed by atoms with van der Waals surface area (Å²) in [4.78, 5) is 15.5. The zero-order chi connectivity index (χ0) is 4.00. The molecule has 0 aromatic heterocycles. The largest absolute Gasteiger partial charge is 2.00 e. The summed E-state index contributed by atoms with van der Waals surface area (Å²) in [6, 6.07) is 0. The molecule has 0 aromatic carbocycles. The smallest absolute Gasteiger partial charge is 0.545 e. The van der Waals surface area contributed by atoms with Crippen LogP contribution in [0.2, 0.25) is 0 Å². The van der Waals surface area contributed by atoms with Crippen LogP contribution in [-0.4, -0.2) is 13.6 Å². The van der Waals surface area contributed by atoms with Gasteiger partial charge in [0, 0.05) is 0 Å². The van der Waals surface area contributed by atoms with Crippen LogP contribution < -0.4 is 0 Å². The van der Waals surface area contributed by atoms with Crippen LogP contribution in [0.15, 0.2) is 0 Å². The van der Waals surface area contributed by atoms with Gasteiger partial charge in [0.05, 0.1) is 0 Å². The summed E-state index contributed by atoms with van der Waals surface area (Å²) < 4.78 is 0. The SMILES string of the molecule is [CH-]=O.[CH-]=O.[Ni+2]. The van der Waals surface area contributed by atoms with E-state index in [9.17, 15) is 0 Å². The van der Waals surface area contributed by atoms with Gasteiger partial charge >= 0.3 is 16.5 Å². The van der Waals surface area contributed by atoms with E-state index in [0.29, 0.717) is 0 Å². The van der Waals surface area contributed by atoms with Gasteiger partial charge < -0.3 is 9.59 Å². The van der Waals surface area contributed by atoms with Gasteiger partial charge in [0.15, 0.2) is 0 Å². The first-order valence-corrected chi connectivity index (χ1v) is 0.471. The van der Waals surface area contributed by atoms with E-state index in [-0.39, 0.29) is 16.5 Å². The van der Waals surface area contributed by atoms with Gasteiger partial charge in [-0.15, -0.1) is 0 Å². The molecule has 0 aliphatic heterocycles. The predicted molar refractivity (Wildman–Crippen MR) is 13.5 cm³/mol. The molecule has 0 aliphatic rings. The Bertz CT molecular complexity index is 9.61. The third kappa shape index (κ3) is 465. The van der Waals surface area contributed by atoms with E-state index < -0.39 is 0 Å². The molecule has 0 amide bonds. The Morgan fingerprint density at radius 3 is 0.800 bits per heavy atom. The Morgan fingerprint density at radius 1 is 0.800 bits per heavy atom. The molecule has 0 atom stereocenters. The van der Waals surface area contributed by atoms with Crippen LogP contribution in [0.5, 0.6) is 0 Å². The molecule has 0 radical (unpaired) electrons. The molecule has 0 fully saturated rings. The minimum atomic E-state index is 0. The summed E-state index contributed by atoms with van der Waals surface area (Å²) in [7, 11) is 0. The van der Waals surface area contributed by atoms with Crippen molar-refractivity contribution in [3.8, 4) is 0 Å². The second-order valence-corrected chi connectivity index (χ2v) is 0. The summed E-state index contributed by atoms with van der Waals surface area (Å²) in [5, 5.41) is 0. The molecule has 0 rings (SSSR count). The van der Waals surface area contributed by atoms with Gasteiger partial charge in [0.1, 0.15) is 0 Å². The Kier molecular flexibility index (Phi) is 4690. The van der Waals surface area contributed by atoms with Crippen molar-refractivity contribution in [1.82, 2.24) is 0 Å². The van der Waals surface area contributed by atoms with Crippen molar-refractivity contribution >= 4 is 13.6 Å². The number of hydrogen-bond acceptors (Lipinski definition) is 2. The van der Waals surface area contributed by atoms with Gasteiger partial charge in [-0.25, -0.2) is 0 Å². The van der Waals surface area contributed by atoms with E-state index in [1.165, 1.54) is 0 Å². The Balaban J connectivity index is -0.0000000133. The number of carbonyl (C=O) groups excluding carboxylic acids is 2. The van der Waals surface area contributed by atoms with Gasteiger partial charge in [-0.2, -0.15) is 0 Å². The second kappa shape index (κ2) is 1110. The van der Waals surface area contributed by atoms with Crippen molar-refractivity contribution in [3.63, 3.8) is 0 Å². The van der Waals surface area contributed by atoms with Gasteiger partial charge in [-0.3, -0.25) is 13.6 Å². The van der Waals surface area contributed by atoms with E-state index >= 15 is 0 Å². The van der Waals surface area contributed by atoms with E-state index in [2.05, 4.69) is 13.6 Å². The average Bonchev–Trinajstić information content (AvgIpc) is 1.50. The average molecular weight is 117 g/mol. The topological polar surface area (TPSA) is 34.1 Å². The van der Waals surface area contributed by atoms with Gasteiger partial charge in [-0.05, 0) is 0 Å². The van der Waals surface area contributed by atoms with Crippen molar-refractivity contribution in [1.29, 1.82) is 0 Å². The quantitative estimate of drug-likeness (QED) is 0.242. The Morgan fingerprint density at radius 2 is 0.800 bits per heavy atom. The van der Waals surface area contributed by atoms with Crippen LogP contribution in [-0.2, 0) is 26.1 Å². The fraction of sp³-hybridized carbons (Fsp3) is 0. The minimum absolute atomic E-state index is 0. The van der Waals surface area contributed by atoms with Crippen molar-refractivity contribution in [2.75, 3.05) is 0 Å². The maximum Gasteiger partial charge on any atom is 2.00 e. The van der Waals surface area contributed by atoms with Gasteiger partial charge in [0.25, 0.3) is 0 Å². The molecule has 3 heteroatoms. The van der Waals surface area contributed by atoms with Crippen LogP contribution in [0.3, 0.4) is 0 Å². The van der Waals surface area contributed by atoms with Crippen molar-refractivity contribution in [2.45, 2.75) is 0 Å². The fourth-order valence-corrected chi connectivity index (χ4v) is 0. The van der Waals surface area contributed by atoms with Gasteiger partial charge in [0.2, 0.25) is 0 Å². The molecule has 0 spiro atoms. The van der Waals surface area contributed by atoms with Crippen molar-refractivity contribution in [2.24, 2.45) is 0 Å². The number of rotatable bonds is 0. The monoisotopic (exact) mass is 116 g/mol. The normalized spacial score (nSPS) is 1.60. The maximum absolute atomic E-state index is 7.75. The number of hydrogen-bond donors (Lipinski definition) is 0. The molecular formula is C2H2NiO2. The Labute approximate surface area is 40.5 Å². The first-order chi connectivity index (χ1) is 2.00. The van der Waals surface area contributed by atoms with Crippen molar-refractivity contribution < 1.29 is 26.1 Å².